The van der Waals surface area contributed by atoms with Gasteiger partial charge in [0.05, 0.1) is 0 Å². The number of alkyl halides is 3. The van der Waals surface area contributed by atoms with Gasteiger partial charge in [0.15, 0.2) is 0 Å². The van der Waals surface area contributed by atoms with Crippen molar-refractivity contribution in [2.24, 2.45) is 0 Å². The summed E-state index contributed by atoms with van der Waals surface area (Å²) in [6.07, 6.45) is -5.42. The van der Waals surface area contributed by atoms with E-state index in [1.54, 1.807) is 20.8 Å². The highest BCUT2D eigenvalue weighted by atomic mass is 28.4. The number of rotatable bonds is 9. The van der Waals surface area contributed by atoms with E-state index in [4.69, 9.17) is 9.16 Å². The van der Waals surface area contributed by atoms with Gasteiger partial charge in [0.25, 0.3) is 8.32 Å². The van der Waals surface area contributed by atoms with E-state index < -0.39 is 38.8 Å². The molecule has 1 amide bonds. The monoisotopic (exact) mass is 524 g/mol. The number of likely N-dealkylation sites (N-methyl/N-ethyl adjacent to an activating group) is 1. The zero-order valence-corrected chi connectivity index (χ0v) is 23.3. The third-order valence-corrected chi connectivity index (χ3v) is 11.0. The third kappa shape index (κ3) is 7.82. The van der Waals surface area contributed by atoms with Gasteiger partial charge in [-0.15, -0.1) is 0 Å². The number of carbonyl (C=O) groups excluding carboxylic acids is 1. The fourth-order valence-electron chi connectivity index (χ4n) is 4.28. The highest BCUT2D eigenvalue weighted by Crippen LogP contribution is 2.36. The quantitative estimate of drug-likeness (QED) is 0.472. The summed E-state index contributed by atoms with van der Waals surface area (Å²) in [7, 11) is -1.47. The Balaban J connectivity index is 2.24. The molecule has 1 unspecified atom stereocenters. The predicted octanol–water partition coefficient (Wildman–Crippen LogP) is 4.95. The van der Waals surface area contributed by atoms with Crippen LogP contribution in [0.25, 0.3) is 0 Å². The molecule has 0 aromatic heterocycles. The molecule has 0 aliphatic carbocycles. The second kappa shape index (κ2) is 11.8. The average Bonchev–Trinajstić information content (AvgIpc) is 2.75. The van der Waals surface area contributed by atoms with Crippen LogP contribution in [0.15, 0.2) is 60.7 Å². The fraction of sp³-hybridized carbons (Fsp3) is 0.519. The van der Waals surface area contributed by atoms with Gasteiger partial charge in [0.1, 0.15) is 11.6 Å². The molecule has 2 aromatic rings. The fourth-order valence-corrected chi connectivity index (χ4v) is 8.83. The molecule has 200 valence electrons. The van der Waals surface area contributed by atoms with Crippen LogP contribution < -0.4 is 15.7 Å². The number of nitrogens with one attached hydrogen (secondary N) is 1. The number of benzene rings is 2. The lowest BCUT2D eigenvalue weighted by molar-refractivity contribution is -0.179. The summed E-state index contributed by atoms with van der Waals surface area (Å²) in [5.74, 6) is 0. The molecule has 0 radical (unpaired) electrons. The molecule has 0 saturated heterocycles. The summed E-state index contributed by atoms with van der Waals surface area (Å²) < 4.78 is 53.4. The molecule has 0 heterocycles. The van der Waals surface area contributed by atoms with Crippen LogP contribution in [-0.2, 0) is 9.16 Å². The molecule has 9 heteroatoms. The minimum Gasteiger partial charge on any atom is -0.444 e. The maximum absolute atomic E-state index is 13.9. The van der Waals surface area contributed by atoms with E-state index >= 15 is 0 Å². The van der Waals surface area contributed by atoms with E-state index in [-0.39, 0.29) is 18.2 Å². The largest absolute Gasteiger partial charge is 0.444 e. The predicted molar refractivity (Wildman–Crippen MR) is 140 cm³/mol. The van der Waals surface area contributed by atoms with Gasteiger partial charge >= 0.3 is 12.3 Å². The van der Waals surface area contributed by atoms with Gasteiger partial charge in [-0.1, -0.05) is 81.4 Å². The molecule has 0 saturated carbocycles. The van der Waals surface area contributed by atoms with Crippen LogP contribution in [-0.4, -0.2) is 63.9 Å². The Morgan fingerprint density at radius 1 is 0.917 bits per heavy atom. The van der Waals surface area contributed by atoms with Crippen LogP contribution in [0.1, 0.15) is 41.5 Å². The van der Waals surface area contributed by atoms with E-state index in [9.17, 15) is 18.0 Å². The highest BCUT2D eigenvalue weighted by Gasteiger charge is 2.50. The zero-order valence-electron chi connectivity index (χ0n) is 22.3. The summed E-state index contributed by atoms with van der Waals surface area (Å²) in [5.41, 5.74) is -0.798. The van der Waals surface area contributed by atoms with Crippen LogP contribution in [0.2, 0.25) is 5.04 Å². The second-order valence-corrected chi connectivity index (χ2v) is 15.2. The van der Waals surface area contributed by atoms with Gasteiger partial charge in [-0.05, 0) is 43.2 Å². The van der Waals surface area contributed by atoms with Gasteiger partial charge < -0.3 is 14.5 Å². The molecule has 1 atom stereocenters. The molecule has 5 nitrogen and oxygen atoms in total. The molecule has 0 fully saturated rings. The number of nitrogens with zero attached hydrogens (tertiary/aromatic N) is 1. The number of amides is 1. The van der Waals surface area contributed by atoms with Crippen LogP contribution >= 0.6 is 0 Å². The molecule has 0 bridgehead atoms. The summed E-state index contributed by atoms with van der Waals surface area (Å²) in [5, 5.41) is 4.09. The Morgan fingerprint density at radius 3 is 1.78 bits per heavy atom. The number of hydrogen-bond acceptors (Lipinski definition) is 4. The Kier molecular flexibility index (Phi) is 9.78. The molecule has 36 heavy (non-hydrogen) atoms. The molecular formula is C27H39F3N2O3Si. The number of halogens is 3. The normalized spacial score (nSPS) is 14.0. The Morgan fingerprint density at radius 2 is 1.39 bits per heavy atom. The van der Waals surface area contributed by atoms with Gasteiger partial charge in [-0.3, -0.25) is 4.90 Å². The molecule has 2 rings (SSSR count). The molecule has 0 aliphatic heterocycles. The summed E-state index contributed by atoms with van der Waals surface area (Å²) in [6.45, 7) is 10.8. The second-order valence-electron chi connectivity index (χ2n) is 10.9. The number of ether oxygens (including phenoxy) is 1. The Bertz CT molecular complexity index is 919. The van der Waals surface area contributed by atoms with Crippen molar-refractivity contribution in [2.45, 2.75) is 64.4 Å². The first-order valence-corrected chi connectivity index (χ1v) is 14.0. The first-order valence-electron chi connectivity index (χ1n) is 12.1. The third-order valence-electron chi connectivity index (χ3n) is 5.93. The lowest BCUT2D eigenvalue weighted by atomic mass is 10.2. The summed E-state index contributed by atoms with van der Waals surface area (Å²) >= 11 is 0. The molecule has 0 spiro atoms. The van der Waals surface area contributed by atoms with Crippen molar-refractivity contribution in [3.63, 3.8) is 0 Å². The van der Waals surface area contributed by atoms with Gasteiger partial charge in [-0.25, -0.2) is 4.79 Å². The summed E-state index contributed by atoms with van der Waals surface area (Å²) in [6, 6.07) is 18.0. The van der Waals surface area contributed by atoms with E-state index in [0.29, 0.717) is 0 Å². The highest BCUT2D eigenvalue weighted by molar-refractivity contribution is 6.99. The Labute approximate surface area is 214 Å². The van der Waals surface area contributed by atoms with E-state index in [2.05, 4.69) is 26.1 Å². The Hall–Kier alpha value is -2.36. The molecule has 0 aliphatic rings. The smallest absolute Gasteiger partial charge is 0.407 e. The lowest BCUT2D eigenvalue weighted by Crippen LogP contribution is -2.67. The first-order chi connectivity index (χ1) is 16.6. The van der Waals surface area contributed by atoms with Crippen molar-refractivity contribution in [1.29, 1.82) is 0 Å². The SMILES string of the molecule is CN(CCO[Si](c1ccccc1)(c1ccccc1)C(C)(C)C)C(CNC(=O)OC(C)(C)C)C(F)(F)F. The molecule has 2 aromatic carbocycles. The topological polar surface area (TPSA) is 50.8 Å². The van der Waals surface area contributed by atoms with Crippen LogP contribution in [0, 0.1) is 0 Å². The minimum absolute atomic E-state index is 0.0324. The van der Waals surface area contributed by atoms with Crippen molar-refractivity contribution in [3.05, 3.63) is 60.7 Å². The average molecular weight is 525 g/mol. The summed E-state index contributed by atoms with van der Waals surface area (Å²) in [4.78, 5) is 13.1. The minimum atomic E-state index is -4.54. The first kappa shape index (κ1) is 29.9. The number of hydrogen-bond donors (Lipinski definition) is 1. The molecule has 1 N–H and O–H groups in total. The maximum atomic E-state index is 13.9. The van der Waals surface area contributed by atoms with Crippen molar-refractivity contribution < 1.29 is 27.1 Å². The van der Waals surface area contributed by atoms with Crippen molar-refractivity contribution in [3.8, 4) is 0 Å². The zero-order chi connectivity index (χ0) is 27.2. The van der Waals surface area contributed by atoms with Crippen LogP contribution in [0.4, 0.5) is 18.0 Å². The van der Waals surface area contributed by atoms with Crippen molar-refractivity contribution >= 4 is 24.8 Å². The maximum Gasteiger partial charge on any atom is 0.407 e. The van der Waals surface area contributed by atoms with E-state index in [1.165, 1.54) is 11.9 Å². The lowest BCUT2D eigenvalue weighted by Gasteiger charge is -2.43. The molecular weight excluding hydrogens is 485 g/mol. The number of alkyl carbamates (subject to hydrolysis) is 1. The van der Waals surface area contributed by atoms with Gasteiger partial charge in [-0.2, -0.15) is 13.2 Å². The van der Waals surface area contributed by atoms with Gasteiger partial charge in [0.2, 0.25) is 0 Å². The van der Waals surface area contributed by atoms with Crippen molar-refractivity contribution in [1.82, 2.24) is 10.2 Å². The van der Waals surface area contributed by atoms with Gasteiger partial charge in [0, 0.05) is 19.7 Å². The van der Waals surface area contributed by atoms with Crippen LogP contribution in [0.5, 0.6) is 0 Å². The van der Waals surface area contributed by atoms with Crippen molar-refractivity contribution in [2.75, 3.05) is 26.7 Å². The van der Waals surface area contributed by atoms with E-state index in [1.807, 2.05) is 60.7 Å². The van der Waals surface area contributed by atoms with E-state index in [0.717, 1.165) is 10.4 Å². The number of carbonyl (C=O) groups is 1. The standard InChI is InChI=1S/C27H39F3N2O3Si/c1-25(2,3)35-24(33)31-20-23(27(28,29)30)32(7)18-19-34-36(26(4,5)6,21-14-10-8-11-15-21)22-16-12-9-13-17-22/h8-17,23H,18-20H2,1-7H3,(H,31,33). The van der Waals surface area contributed by atoms with Crippen LogP contribution in [0.3, 0.4) is 0 Å².